The summed E-state index contributed by atoms with van der Waals surface area (Å²) < 4.78 is 34.9. The molecule has 0 aliphatic carbocycles. The lowest BCUT2D eigenvalue weighted by atomic mass is 10.1. The van der Waals surface area contributed by atoms with Crippen molar-refractivity contribution < 1.29 is 23.0 Å². The molecule has 0 aromatic heterocycles. The molecule has 6 nitrogen and oxygen atoms in total. The minimum Gasteiger partial charge on any atom is -0.490 e. The minimum absolute atomic E-state index is 0.0563. The number of carbonyl (C=O) groups is 1. The van der Waals surface area contributed by atoms with Crippen LogP contribution >= 0.6 is 11.6 Å². The third kappa shape index (κ3) is 6.58. The largest absolute Gasteiger partial charge is 0.490 e. The van der Waals surface area contributed by atoms with Gasteiger partial charge >= 0.3 is 6.61 Å². The van der Waals surface area contributed by atoms with E-state index in [1.54, 1.807) is 37.3 Å². The molecule has 0 atom stereocenters. The molecule has 2 aromatic carbocycles. The predicted octanol–water partition coefficient (Wildman–Crippen LogP) is 4.74. The van der Waals surface area contributed by atoms with Crippen LogP contribution < -0.4 is 19.7 Å². The van der Waals surface area contributed by atoms with E-state index < -0.39 is 6.61 Å². The van der Waals surface area contributed by atoms with Gasteiger partial charge in [-0.2, -0.15) is 8.78 Å². The van der Waals surface area contributed by atoms with Crippen molar-refractivity contribution in [2.45, 2.75) is 13.5 Å². The van der Waals surface area contributed by atoms with Crippen molar-refractivity contribution in [3.05, 3.63) is 53.1 Å². The molecule has 0 unspecified atom stereocenters. The molecular weight excluding hydrogens is 440 g/mol. The van der Waals surface area contributed by atoms with Crippen LogP contribution in [-0.4, -0.2) is 57.3 Å². The van der Waals surface area contributed by atoms with E-state index in [2.05, 4.69) is 26.9 Å². The quantitative estimate of drug-likeness (QED) is 0.570. The van der Waals surface area contributed by atoms with E-state index in [-0.39, 0.29) is 24.0 Å². The highest BCUT2D eigenvalue weighted by Gasteiger charge is 2.18. The van der Waals surface area contributed by atoms with E-state index in [0.717, 1.165) is 31.9 Å². The molecule has 0 saturated carbocycles. The fraction of sp³-hybridized carbons (Fsp3) is 0.348. The minimum atomic E-state index is -2.95. The number of anilines is 2. The van der Waals surface area contributed by atoms with Crippen LogP contribution in [0.25, 0.3) is 6.08 Å². The molecule has 1 aliphatic heterocycles. The van der Waals surface area contributed by atoms with Crippen LogP contribution in [0.1, 0.15) is 12.5 Å². The predicted molar refractivity (Wildman–Crippen MR) is 123 cm³/mol. The van der Waals surface area contributed by atoms with E-state index in [1.165, 1.54) is 12.1 Å². The van der Waals surface area contributed by atoms with Gasteiger partial charge < -0.3 is 24.6 Å². The van der Waals surface area contributed by atoms with Crippen LogP contribution in [-0.2, 0) is 4.79 Å². The number of piperazine rings is 1. The number of benzene rings is 2. The summed E-state index contributed by atoms with van der Waals surface area (Å²) >= 11 is 6.16. The summed E-state index contributed by atoms with van der Waals surface area (Å²) in [6, 6.07) is 9.93. The van der Waals surface area contributed by atoms with Crippen molar-refractivity contribution in [1.82, 2.24) is 4.90 Å². The van der Waals surface area contributed by atoms with Crippen molar-refractivity contribution in [3.8, 4) is 11.5 Å². The van der Waals surface area contributed by atoms with Gasteiger partial charge in [-0.25, -0.2) is 0 Å². The van der Waals surface area contributed by atoms with Gasteiger partial charge in [-0.1, -0.05) is 17.7 Å². The van der Waals surface area contributed by atoms with E-state index >= 15 is 0 Å². The van der Waals surface area contributed by atoms with Gasteiger partial charge in [-0.3, -0.25) is 4.79 Å². The monoisotopic (exact) mass is 465 g/mol. The molecule has 1 heterocycles. The lowest BCUT2D eigenvalue weighted by Crippen LogP contribution is -2.44. The molecule has 172 valence electrons. The maximum absolute atomic E-state index is 12.6. The molecule has 0 radical (unpaired) electrons. The zero-order valence-corrected chi connectivity index (χ0v) is 18.7. The normalized spacial score (nSPS) is 14.8. The summed E-state index contributed by atoms with van der Waals surface area (Å²) in [5, 5.41) is 3.41. The summed E-state index contributed by atoms with van der Waals surface area (Å²) in [5.41, 5.74) is 2.15. The molecule has 0 bridgehead atoms. The van der Waals surface area contributed by atoms with Crippen LogP contribution in [0.4, 0.5) is 20.2 Å². The van der Waals surface area contributed by atoms with Crippen LogP contribution in [0.3, 0.4) is 0 Å². The lowest BCUT2D eigenvalue weighted by molar-refractivity contribution is -0.111. The number of nitrogens with zero attached hydrogens (tertiary/aromatic N) is 2. The van der Waals surface area contributed by atoms with Crippen molar-refractivity contribution in [1.29, 1.82) is 0 Å². The number of likely N-dealkylation sites (N-methyl/N-ethyl adjacent to an activating group) is 1. The Hall–Kier alpha value is -2.84. The Bertz CT molecular complexity index is 963. The van der Waals surface area contributed by atoms with Gasteiger partial charge in [0.2, 0.25) is 5.91 Å². The third-order valence-corrected chi connectivity index (χ3v) is 5.21. The number of nitrogens with one attached hydrogen (secondary N) is 1. The van der Waals surface area contributed by atoms with Gasteiger partial charge in [-0.05, 0) is 55.9 Å². The number of hydrogen-bond acceptors (Lipinski definition) is 5. The first kappa shape index (κ1) is 23.8. The first-order chi connectivity index (χ1) is 15.4. The molecule has 2 aromatic rings. The molecule has 0 spiro atoms. The SMILES string of the molecule is CCOc1cc(/C=C/C(=O)Nc2cc(Cl)ccc2N2CCN(C)CC2)ccc1OC(F)F. The Balaban J connectivity index is 1.73. The molecule has 1 saturated heterocycles. The first-order valence-corrected chi connectivity index (χ1v) is 10.7. The Labute approximate surface area is 191 Å². The highest BCUT2D eigenvalue weighted by atomic mass is 35.5. The third-order valence-electron chi connectivity index (χ3n) is 4.97. The molecule has 3 rings (SSSR count). The highest BCUT2D eigenvalue weighted by molar-refractivity contribution is 6.31. The number of carbonyl (C=O) groups excluding carboxylic acids is 1. The second-order valence-corrected chi connectivity index (χ2v) is 7.73. The highest BCUT2D eigenvalue weighted by Crippen LogP contribution is 2.31. The second kappa shape index (κ2) is 11.2. The summed E-state index contributed by atoms with van der Waals surface area (Å²) in [6.07, 6.45) is 2.94. The fourth-order valence-corrected chi connectivity index (χ4v) is 3.54. The number of ether oxygens (including phenoxy) is 2. The molecular formula is C23H26ClF2N3O3. The first-order valence-electron chi connectivity index (χ1n) is 10.3. The van der Waals surface area contributed by atoms with Gasteiger partial charge in [0.1, 0.15) is 0 Å². The van der Waals surface area contributed by atoms with Crippen molar-refractivity contribution >= 4 is 35.0 Å². The van der Waals surface area contributed by atoms with Gasteiger partial charge in [-0.15, -0.1) is 0 Å². The van der Waals surface area contributed by atoms with Gasteiger partial charge in [0.15, 0.2) is 11.5 Å². The Kier molecular flexibility index (Phi) is 8.30. The van der Waals surface area contributed by atoms with Gasteiger partial charge in [0.25, 0.3) is 0 Å². The van der Waals surface area contributed by atoms with E-state index in [0.29, 0.717) is 16.3 Å². The fourth-order valence-electron chi connectivity index (χ4n) is 3.37. The van der Waals surface area contributed by atoms with Crippen LogP contribution in [0, 0.1) is 0 Å². The van der Waals surface area contributed by atoms with Crippen molar-refractivity contribution in [3.63, 3.8) is 0 Å². The Morgan fingerprint density at radius 3 is 2.59 bits per heavy atom. The van der Waals surface area contributed by atoms with E-state index in [4.69, 9.17) is 16.3 Å². The van der Waals surface area contributed by atoms with E-state index in [9.17, 15) is 13.6 Å². The standard InChI is InChI=1S/C23H26ClF2N3O3/c1-3-31-21-14-16(4-8-20(21)32-23(25)26)5-9-22(30)27-18-15-17(24)6-7-19(18)29-12-10-28(2)11-13-29/h4-9,14-15,23H,3,10-13H2,1-2H3,(H,27,30)/b9-5+. The van der Waals surface area contributed by atoms with Crippen molar-refractivity contribution in [2.75, 3.05) is 50.1 Å². The molecule has 9 heteroatoms. The topological polar surface area (TPSA) is 54.0 Å². The van der Waals surface area contributed by atoms with Crippen LogP contribution in [0.5, 0.6) is 11.5 Å². The number of alkyl halides is 2. The Morgan fingerprint density at radius 2 is 1.91 bits per heavy atom. The molecule has 1 N–H and O–H groups in total. The summed E-state index contributed by atoms with van der Waals surface area (Å²) in [4.78, 5) is 17.0. The maximum Gasteiger partial charge on any atom is 0.387 e. The van der Waals surface area contributed by atoms with Gasteiger partial charge in [0, 0.05) is 37.3 Å². The number of halogens is 3. The maximum atomic E-state index is 12.6. The Morgan fingerprint density at radius 1 is 1.16 bits per heavy atom. The molecule has 1 aliphatic rings. The van der Waals surface area contributed by atoms with Crippen LogP contribution in [0.15, 0.2) is 42.5 Å². The average molecular weight is 466 g/mol. The molecule has 1 amide bonds. The lowest BCUT2D eigenvalue weighted by Gasteiger charge is -2.35. The number of hydrogen-bond donors (Lipinski definition) is 1. The zero-order chi connectivity index (χ0) is 23.1. The molecule has 1 fully saturated rings. The van der Waals surface area contributed by atoms with Gasteiger partial charge in [0.05, 0.1) is 18.0 Å². The summed E-state index contributed by atoms with van der Waals surface area (Å²) in [6.45, 7) is 2.65. The molecule has 32 heavy (non-hydrogen) atoms. The summed E-state index contributed by atoms with van der Waals surface area (Å²) in [5.74, 6) is -0.213. The second-order valence-electron chi connectivity index (χ2n) is 7.29. The average Bonchev–Trinajstić information content (AvgIpc) is 2.75. The summed E-state index contributed by atoms with van der Waals surface area (Å²) in [7, 11) is 2.08. The van der Waals surface area contributed by atoms with Crippen molar-refractivity contribution in [2.24, 2.45) is 0 Å². The van der Waals surface area contributed by atoms with Crippen LogP contribution in [0.2, 0.25) is 5.02 Å². The zero-order valence-electron chi connectivity index (χ0n) is 18.0. The number of rotatable bonds is 8. The number of amides is 1. The smallest absolute Gasteiger partial charge is 0.387 e. The van der Waals surface area contributed by atoms with E-state index in [1.807, 2.05) is 6.07 Å².